The van der Waals surface area contributed by atoms with Gasteiger partial charge in [0.05, 0.1) is 6.54 Å². The van der Waals surface area contributed by atoms with Crippen LogP contribution in [0, 0.1) is 0 Å². The maximum Gasteiger partial charge on any atom is 0.254 e. The average molecular weight is 331 g/mol. The molecule has 0 unspecified atom stereocenters. The molecule has 4 nitrogen and oxygen atoms in total. The zero-order valence-electron chi connectivity index (χ0n) is 12.7. The Balaban J connectivity index is 2.84. The summed E-state index contributed by atoms with van der Waals surface area (Å²) < 4.78 is 0. The zero-order valence-corrected chi connectivity index (χ0v) is 14.2. The molecular weight excluding hydrogens is 311 g/mol. The Labute approximate surface area is 135 Å². The topological polar surface area (TPSA) is 49.4 Å². The summed E-state index contributed by atoms with van der Waals surface area (Å²) in [5.41, 5.74) is 0.0386. The van der Waals surface area contributed by atoms with Crippen LogP contribution in [-0.2, 0) is 4.79 Å². The van der Waals surface area contributed by atoms with E-state index in [4.69, 9.17) is 23.2 Å². The van der Waals surface area contributed by atoms with Crippen LogP contribution in [0.15, 0.2) is 18.2 Å². The maximum absolute atomic E-state index is 12.4. The number of nitrogens with zero attached hydrogens (tertiary/aromatic N) is 1. The van der Waals surface area contributed by atoms with Crippen molar-refractivity contribution in [2.45, 2.75) is 33.2 Å². The monoisotopic (exact) mass is 330 g/mol. The van der Waals surface area contributed by atoms with Gasteiger partial charge in [-0.15, -0.1) is 0 Å². The lowest BCUT2D eigenvalue weighted by atomic mass is 10.1. The minimum atomic E-state index is -0.334. The minimum Gasteiger partial charge on any atom is -0.350 e. The third kappa shape index (κ3) is 5.94. The summed E-state index contributed by atoms with van der Waals surface area (Å²) in [6.07, 6.45) is 0. The highest BCUT2D eigenvalue weighted by atomic mass is 35.5. The van der Waals surface area contributed by atoms with Crippen molar-refractivity contribution in [1.82, 2.24) is 10.2 Å². The Hall–Kier alpha value is -1.26. The van der Waals surface area contributed by atoms with E-state index in [1.807, 2.05) is 27.7 Å². The number of halogens is 2. The van der Waals surface area contributed by atoms with Crippen LogP contribution < -0.4 is 5.32 Å². The van der Waals surface area contributed by atoms with Gasteiger partial charge in [-0.05, 0) is 45.9 Å². The van der Waals surface area contributed by atoms with E-state index in [2.05, 4.69) is 5.32 Å². The third-order valence-corrected chi connectivity index (χ3v) is 3.06. The lowest BCUT2D eigenvalue weighted by Crippen LogP contribution is -2.47. The fraction of sp³-hybridized carbons (Fsp3) is 0.467. The summed E-state index contributed by atoms with van der Waals surface area (Å²) in [5.74, 6) is -0.475. The Morgan fingerprint density at radius 1 is 1.14 bits per heavy atom. The molecule has 1 rings (SSSR count). The number of carbonyl (C=O) groups excluding carboxylic acids is 2. The number of hydrogen-bond donors (Lipinski definition) is 1. The van der Waals surface area contributed by atoms with Crippen molar-refractivity contribution < 1.29 is 9.59 Å². The highest BCUT2D eigenvalue weighted by Crippen LogP contribution is 2.20. The lowest BCUT2D eigenvalue weighted by molar-refractivity contribution is -0.123. The molecule has 116 valence electrons. The van der Waals surface area contributed by atoms with Gasteiger partial charge in [0.15, 0.2) is 0 Å². The highest BCUT2D eigenvalue weighted by molar-refractivity contribution is 6.35. The molecule has 0 aliphatic heterocycles. The Morgan fingerprint density at radius 3 is 2.10 bits per heavy atom. The van der Waals surface area contributed by atoms with Crippen LogP contribution in [0.25, 0.3) is 0 Å². The lowest BCUT2D eigenvalue weighted by Gasteiger charge is -2.25. The molecule has 6 heteroatoms. The van der Waals surface area contributed by atoms with Gasteiger partial charge >= 0.3 is 0 Å². The number of nitrogens with one attached hydrogen (secondary N) is 1. The van der Waals surface area contributed by atoms with Crippen molar-refractivity contribution >= 4 is 35.0 Å². The van der Waals surface area contributed by atoms with E-state index in [9.17, 15) is 9.59 Å². The highest BCUT2D eigenvalue weighted by Gasteiger charge is 2.20. The molecule has 0 aromatic heterocycles. The Morgan fingerprint density at radius 2 is 1.67 bits per heavy atom. The number of likely N-dealkylation sites (N-methyl/N-ethyl adjacent to an activating group) is 1. The fourth-order valence-corrected chi connectivity index (χ4v) is 2.34. The normalized spacial score (nSPS) is 11.1. The molecule has 0 saturated heterocycles. The van der Waals surface area contributed by atoms with Crippen molar-refractivity contribution in [2.24, 2.45) is 0 Å². The van der Waals surface area contributed by atoms with Gasteiger partial charge in [0.2, 0.25) is 5.91 Å². The molecule has 0 aliphatic carbocycles. The van der Waals surface area contributed by atoms with E-state index in [-0.39, 0.29) is 23.9 Å². The van der Waals surface area contributed by atoms with Crippen molar-refractivity contribution in [3.63, 3.8) is 0 Å². The molecule has 0 spiro atoms. The summed E-state index contributed by atoms with van der Waals surface area (Å²) in [6.45, 7) is 7.89. The van der Waals surface area contributed by atoms with Crippen molar-refractivity contribution in [3.8, 4) is 0 Å². The van der Waals surface area contributed by atoms with Crippen LogP contribution >= 0.6 is 23.2 Å². The minimum absolute atomic E-state index is 0.00324. The standard InChI is InChI=1S/C15H20Cl2N2O2/c1-5-19(9-13(20)18-15(2,3)4)14(21)10-6-11(16)8-12(17)7-10/h6-8H,5,9H2,1-4H3,(H,18,20). The van der Waals surface area contributed by atoms with Gasteiger partial charge in [-0.3, -0.25) is 9.59 Å². The van der Waals surface area contributed by atoms with Crippen LogP contribution in [0.4, 0.5) is 0 Å². The first-order chi connectivity index (χ1) is 9.62. The van der Waals surface area contributed by atoms with Crippen molar-refractivity contribution in [1.29, 1.82) is 0 Å². The largest absolute Gasteiger partial charge is 0.350 e. The fourth-order valence-electron chi connectivity index (χ4n) is 1.82. The molecule has 0 saturated carbocycles. The predicted molar refractivity (Wildman–Crippen MR) is 85.9 cm³/mol. The average Bonchev–Trinajstić information content (AvgIpc) is 2.31. The molecule has 0 fully saturated rings. The van der Waals surface area contributed by atoms with Crippen LogP contribution in [-0.4, -0.2) is 35.3 Å². The first-order valence-corrected chi connectivity index (χ1v) is 7.44. The van der Waals surface area contributed by atoms with E-state index in [1.54, 1.807) is 18.2 Å². The molecule has 1 aromatic rings. The van der Waals surface area contributed by atoms with Gasteiger partial charge in [-0.25, -0.2) is 0 Å². The number of carbonyl (C=O) groups is 2. The first kappa shape index (κ1) is 17.8. The van der Waals surface area contributed by atoms with E-state index >= 15 is 0 Å². The van der Waals surface area contributed by atoms with Gasteiger partial charge in [0, 0.05) is 27.7 Å². The SMILES string of the molecule is CCN(CC(=O)NC(C)(C)C)C(=O)c1cc(Cl)cc(Cl)c1. The van der Waals surface area contributed by atoms with E-state index in [0.29, 0.717) is 22.2 Å². The molecular formula is C15H20Cl2N2O2. The van der Waals surface area contributed by atoms with Crippen LogP contribution in [0.3, 0.4) is 0 Å². The predicted octanol–water partition coefficient (Wildman–Crippen LogP) is 3.37. The second-order valence-corrected chi connectivity index (χ2v) is 6.65. The molecule has 0 aliphatic rings. The summed E-state index contributed by atoms with van der Waals surface area (Å²) >= 11 is 11.8. The van der Waals surface area contributed by atoms with Crippen molar-refractivity contribution in [2.75, 3.05) is 13.1 Å². The quantitative estimate of drug-likeness (QED) is 0.920. The van der Waals surface area contributed by atoms with Gasteiger partial charge in [0.25, 0.3) is 5.91 Å². The van der Waals surface area contributed by atoms with Crippen LogP contribution in [0.5, 0.6) is 0 Å². The second kappa shape index (κ2) is 7.14. The smallest absolute Gasteiger partial charge is 0.254 e. The van der Waals surface area contributed by atoms with Gasteiger partial charge in [-0.2, -0.15) is 0 Å². The van der Waals surface area contributed by atoms with Crippen LogP contribution in [0.1, 0.15) is 38.1 Å². The Kier molecular flexibility index (Phi) is 6.05. The zero-order chi connectivity index (χ0) is 16.2. The summed E-state index contributed by atoms with van der Waals surface area (Å²) in [7, 11) is 0. The van der Waals surface area contributed by atoms with E-state index in [0.717, 1.165) is 0 Å². The molecule has 0 bridgehead atoms. The molecule has 21 heavy (non-hydrogen) atoms. The molecule has 0 radical (unpaired) electrons. The molecule has 0 heterocycles. The Bertz CT molecular complexity index is 519. The third-order valence-electron chi connectivity index (χ3n) is 2.63. The van der Waals surface area contributed by atoms with Crippen LogP contribution in [0.2, 0.25) is 10.0 Å². The summed E-state index contributed by atoms with van der Waals surface area (Å²) in [4.78, 5) is 25.8. The molecule has 1 N–H and O–H groups in total. The number of hydrogen-bond acceptors (Lipinski definition) is 2. The molecule has 2 amide bonds. The summed E-state index contributed by atoms with van der Waals surface area (Å²) in [6, 6.07) is 4.64. The van der Waals surface area contributed by atoms with E-state index in [1.165, 1.54) is 4.90 Å². The van der Waals surface area contributed by atoms with Gasteiger partial charge < -0.3 is 10.2 Å². The second-order valence-electron chi connectivity index (χ2n) is 5.78. The van der Waals surface area contributed by atoms with Gasteiger partial charge in [-0.1, -0.05) is 23.2 Å². The molecule has 0 atom stereocenters. The van der Waals surface area contributed by atoms with Crippen molar-refractivity contribution in [3.05, 3.63) is 33.8 Å². The summed E-state index contributed by atoms with van der Waals surface area (Å²) in [5, 5.41) is 3.61. The first-order valence-electron chi connectivity index (χ1n) is 6.68. The van der Waals surface area contributed by atoms with Gasteiger partial charge in [0.1, 0.15) is 0 Å². The number of rotatable bonds is 4. The number of amides is 2. The van der Waals surface area contributed by atoms with E-state index < -0.39 is 0 Å². The molecule has 1 aromatic carbocycles. The number of benzene rings is 1. The maximum atomic E-state index is 12.4.